The fraction of sp³-hybridized carbons (Fsp3) is 0. The summed E-state index contributed by atoms with van der Waals surface area (Å²) in [4.78, 5) is 22.0. The molecule has 0 amide bonds. The van der Waals surface area contributed by atoms with Gasteiger partial charge in [-0.15, -0.1) is 0 Å². The number of benzene rings is 3. The Labute approximate surface area is 104 Å². The van der Waals surface area contributed by atoms with Crippen LogP contribution in [0.4, 0.5) is 0 Å². The topological polar surface area (TPSA) is 34.1 Å². The Balaban J connectivity index is 2.56. The first-order chi connectivity index (χ1) is 8.83. The van der Waals surface area contributed by atoms with Crippen molar-refractivity contribution in [3.63, 3.8) is 0 Å². The van der Waals surface area contributed by atoms with Crippen molar-refractivity contribution in [2.24, 2.45) is 0 Å². The second kappa shape index (κ2) is 4.08. The predicted octanol–water partition coefficient (Wildman–Crippen LogP) is 3.62. The first kappa shape index (κ1) is 10.7. The Morgan fingerprint density at radius 1 is 0.778 bits per heavy atom. The fourth-order valence-electron chi connectivity index (χ4n) is 2.33. The molecule has 0 fully saturated rings. The van der Waals surface area contributed by atoms with Gasteiger partial charge < -0.3 is 0 Å². The lowest BCUT2D eigenvalue weighted by Crippen LogP contribution is -1.87. The number of hydrogen-bond donors (Lipinski definition) is 0. The van der Waals surface area contributed by atoms with Gasteiger partial charge in [-0.25, -0.2) is 0 Å². The van der Waals surface area contributed by atoms with Gasteiger partial charge in [-0.05, 0) is 22.2 Å². The molecule has 0 atom stereocenters. The normalized spacial score (nSPS) is 10.7. The summed E-state index contributed by atoms with van der Waals surface area (Å²) < 4.78 is 0. The SMILES string of the molecule is O=Cc1ccc2ccc3cccc(C=O)c3c2c1. The highest BCUT2D eigenvalue weighted by atomic mass is 16.1. The molecular weight excluding hydrogens is 224 g/mol. The van der Waals surface area contributed by atoms with E-state index in [0.717, 1.165) is 34.1 Å². The van der Waals surface area contributed by atoms with Crippen LogP contribution in [0.1, 0.15) is 20.7 Å². The number of carbonyl (C=O) groups is 2. The average molecular weight is 234 g/mol. The molecule has 0 saturated carbocycles. The standard InChI is InChI=1S/C16H10O2/c17-9-11-4-5-12-6-7-13-2-1-3-14(10-18)16(13)15(12)8-11/h1-10H. The molecule has 0 bridgehead atoms. The molecular formula is C16H10O2. The molecule has 0 unspecified atom stereocenters. The van der Waals surface area contributed by atoms with E-state index >= 15 is 0 Å². The van der Waals surface area contributed by atoms with E-state index in [9.17, 15) is 9.59 Å². The van der Waals surface area contributed by atoms with Crippen LogP contribution in [-0.4, -0.2) is 12.6 Å². The van der Waals surface area contributed by atoms with Crippen LogP contribution >= 0.6 is 0 Å². The van der Waals surface area contributed by atoms with Crippen molar-refractivity contribution in [2.45, 2.75) is 0 Å². The van der Waals surface area contributed by atoms with E-state index in [1.807, 2.05) is 36.4 Å². The highest BCUT2D eigenvalue weighted by Gasteiger charge is 2.05. The van der Waals surface area contributed by atoms with Crippen LogP contribution in [0.5, 0.6) is 0 Å². The molecule has 3 aromatic carbocycles. The minimum absolute atomic E-state index is 0.621. The van der Waals surface area contributed by atoms with Crippen LogP contribution in [0, 0.1) is 0 Å². The van der Waals surface area contributed by atoms with Crippen LogP contribution in [0.3, 0.4) is 0 Å². The molecule has 2 nitrogen and oxygen atoms in total. The summed E-state index contributed by atoms with van der Waals surface area (Å²) in [6, 6.07) is 15.1. The van der Waals surface area contributed by atoms with E-state index in [1.165, 1.54) is 0 Å². The van der Waals surface area contributed by atoms with Gasteiger partial charge in [0.1, 0.15) is 6.29 Å². The minimum Gasteiger partial charge on any atom is -0.298 e. The molecule has 0 aliphatic heterocycles. The molecule has 0 spiro atoms. The largest absolute Gasteiger partial charge is 0.298 e. The van der Waals surface area contributed by atoms with Crippen LogP contribution in [-0.2, 0) is 0 Å². The van der Waals surface area contributed by atoms with Gasteiger partial charge in [-0.3, -0.25) is 9.59 Å². The van der Waals surface area contributed by atoms with Crippen LogP contribution in [0.15, 0.2) is 48.5 Å². The summed E-state index contributed by atoms with van der Waals surface area (Å²) in [5.41, 5.74) is 1.27. The molecule has 0 aliphatic carbocycles. The van der Waals surface area contributed by atoms with Crippen LogP contribution in [0.25, 0.3) is 21.5 Å². The molecule has 0 saturated heterocycles. The molecule has 18 heavy (non-hydrogen) atoms. The minimum atomic E-state index is 0.621. The van der Waals surface area contributed by atoms with Crippen molar-refractivity contribution < 1.29 is 9.59 Å². The summed E-state index contributed by atoms with van der Waals surface area (Å²) in [6.07, 6.45) is 1.68. The summed E-state index contributed by atoms with van der Waals surface area (Å²) in [5.74, 6) is 0. The number of carbonyl (C=O) groups excluding carboxylic acids is 2. The fourth-order valence-corrected chi connectivity index (χ4v) is 2.33. The molecule has 2 heteroatoms. The lowest BCUT2D eigenvalue weighted by Gasteiger charge is -2.06. The zero-order chi connectivity index (χ0) is 12.5. The number of fused-ring (bicyclic) bond motifs is 3. The van der Waals surface area contributed by atoms with Gasteiger partial charge >= 0.3 is 0 Å². The summed E-state index contributed by atoms with van der Waals surface area (Å²) in [5, 5.41) is 3.89. The summed E-state index contributed by atoms with van der Waals surface area (Å²) in [6.45, 7) is 0. The zero-order valence-electron chi connectivity index (χ0n) is 9.59. The lowest BCUT2D eigenvalue weighted by atomic mass is 9.97. The van der Waals surface area contributed by atoms with Gasteiger partial charge in [0.05, 0.1) is 0 Å². The van der Waals surface area contributed by atoms with Gasteiger partial charge in [-0.2, -0.15) is 0 Å². The van der Waals surface area contributed by atoms with Crippen LogP contribution < -0.4 is 0 Å². The Morgan fingerprint density at radius 3 is 2.33 bits per heavy atom. The van der Waals surface area contributed by atoms with E-state index in [0.29, 0.717) is 11.1 Å². The summed E-state index contributed by atoms with van der Waals surface area (Å²) in [7, 11) is 0. The molecule has 0 N–H and O–H groups in total. The van der Waals surface area contributed by atoms with Crippen molar-refractivity contribution >= 4 is 34.1 Å². The number of aldehydes is 2. The second-order valence-electron chi connectivity index (χ2n) is 4.23. The third kappa shape index (κ3) is 1.51. The van der Waals surface area contributed by atoms with E-state index in [1.54, 1.807) is 12.1 Å². The lowest BCUT2D eigenvalue weighted by molar-refractivity contribution is 0.111. The quantitative estimate of drug-likeness (QED) is 0.501. The maximum Gasteiger partial charge on any atom is 0.150 e. The van der Waals surface area contributed by atoms with Crippen molar-refractivity contribution in [1.82, 2.24) is 0 Å². The third-order valence-corrected chi connectivity index (χ3v) is 3.18. The van der Waals surface area contributed by atoms with Gasteiger partial charge in [0.25, 0.3) is 0 Å². The number of rotatable bonds is 2. The van der Waals surface area contributed by atoms with Gasteiger partial charge in [0, 0.05) is 16.5 Å². The zero-order valence-corrected chi connectivity index (χ0v) is 9.59. The second-order valence-corrected chi connectivity index (χ2v) is 4.23. The highest BCUT2D eigenvalue weighted by molar-refractivity contribution is 6.14. The van der Waals surface area contributed by atoms with E-state index in [4.69, 9.17) is 0 Å². The highest BCUT2D eigenvalue weighted by Crippen LogP contribution is 2.28. The van der Waals surface area contributed by atoms with E-state index in [-0.39, 0.29) is 0 Å². The van der Waals surface area contributed by atoms with E-state index in [2.05, 4.69) is 0 Å². The molecule has 0 aromatic heterocycles. The number of hydrogen-bond acceptors (Lipinski definition) is 2. The molecule has 0 heterocycles. The molecule has 3 rings (SSSR count). The predicted molar refractivity (Wildman–Crippen MR) is 72.2 cm³/mol. The van der Waals surface area contributed by atoms with Crippen LogP contribution in [0.2, 0.25) is 0 Å². The van der Waals surface area contributed by atoms with Gasteiger partial charge in [0.15, 0.2) is 6.29 Å². The smallest absolute Gasteiger partial charge is 0.150 e. The molecule has 0 aliphatic rings. The van der Waals surface area contributed by atoms with Gasteiger partial charge in [-0.1, -0.05) is 42.5 Å². The third-order valence-electron chi connectivity index (χ3n) is 3.18. The average Bonchev–Trinajstić information content (AvgIpc) is 2.45. The van der Waals surface area contributed by atoms with Crippen molar-refractivity contribution in [3.8, 4) is 0 Å². The monoisotopic (exact) mass is 234 g/mol. The Bertz CT molecular complexity index is 772. The summed E-state index contributed by atoms with van der Waals surface area (Å²) >= 11 is 0. The molecule has 3 aromatic rings. The Hall–Kier alpha value is -2.48. The van der Waals surface area contributed by atoms with E-state index < -0.39 is 0 Å². The first-order valence-electron chi connectivity index (χ1n) is 5.69. The Morgan fingerprint density at radius 2 is 1.56 bits per heavy atom. The van der Waals surface area contributed by atoms with Crippen molar-refractivity contribution in [1.29, 1.82) is 0 Å². The van der Waals surface area contributed by atoms with Gasteiger partial charge in [0.2, 0.25) is 0 Å². The Kier molecular flexibility index (Phi) is 2.41. The molecule has 86 valence electrons. The maximum atomic E-state index is 11.1. The van der Waals surface area contributed by atoms with Crippen molar-refractivity contribution in [2.75, 3.05) is 0 Å². The van der Waals surface area contributed by atoms with Crippen molar-refractivity contribution in [3.05, 3.63) is 59.7 Å². The first-order valence-corrected chi connectivity index (χ1v) is 5.69. The molecule has 0 radical (unpaired) electrons. The maximum absolute atomic E-state index is 11.1.